The van der Waals surface area contributed by atoms with Crippen LogP contribution in [0.15, 0.2) is 82.7 Å². The Morgan fingerprint density at radius 3 is 2.48 bits per heavy atom. The number of benzene rings is 3. The maximum absolute atomic E-state index is 13.2. The number of anilines is 1. The van der Waals surface area contributed by atoms with Crippen molar-refractivity contribution in [2.24, 2.45) is 0 Å². The van der Waals surface area contributed by atoms with Crippen LogP contribution in [0.25, 0.3) is 16.6 Å². The summed E-state index contributed by atoms with van der Waals surface area (Å²) in [6, 6.07) is 21.5. The van der Waals surface area contributed by atoms with Crippen LogP contribution in [-0.4, -0.2) is 21.2 Å². The molecule has 1 heterocycles. The summed E-state index contributed by atoms with van der Waals surface area (Å²) in [5.41, 5.74) is 1.80. The van der Waals surface area contributed by atoms with Gasteiger partial charge in [-0.25, -0.2) is 4.98 Å². The summed E-state index contributed by atoms with van der Waals surface area (Å²) >= 11 is 13.3. The van der Waals surface area contributed by atoms with Crippen molar-refractivity contribution in [1.29, 1.82) is 0 Å². The zero-order valence-corrected chi connectivity index (χ0v) is 18.5. The molecule has 156 valence electrons. The molecule has 0 saturated heterocycles. The molecule has 0 saturated carbocycles. The SMILES string of the molecule is O=C(CCSc1nc2ccccc2c(=O)n1-c1ccccc1)Nc1ccc(Cl)c(Cl)c1. The number of aromatic nitrogens is 2. The quantitative estimate of drug-likeness (QED) is 0.285. The smallest absolute Gasteiger partial charge is 0.266 e. The average Bonchev–Trinajstić information content (AvgIpc) is 2.77. The first-order chi connectivity index (χ1) is 15.0. The number of thioether (sulfide) groups is 1. The van der Waals surface area contributed by atoms with Crippen LogP contribution in [-0.2, 0) is 4.79 Å². The molecule has 0 bridgehead atoms. The van der Waals surface area contributed by atoms with Crippen molar-refractivity contribution in [2.45, 2.75) is 11.6 Å². The topological polar surface area (TPSA) is 64.0 Å². The highest BCUT2D eigenvalue weighted by Crippen LogP contribution is 2.26. The third-order valence-electron chi connectivity index (χ3n) is 4.52. The molecule has 0 aliphatic rings. The molecular formula is C23H17Cl2N3O2S. The molecule has 31 heavy (non-hydrogen) atoms. The van der Waals surface area contributed by atoms with E-state index in [4.69, 9.17) is 23.2 Å². The minimum Gasteiger partial charge on any atom is -0.326 e. The van der Waals surface area contributed by atoms with Gasteiger partial charge in [0.1, 0.15) is 0 Å². The zero-order chi connectivity index (χ0) is 21.8. The zero-order valence-electron chi connectivity index (χ0n) is 16.2. The number of fused-ring (bicyclic) bond motifs is 1. The number of carbonyl (C=O) groups excluding carboxylic acids is 1. The molecule has 1 amide bonds. The maximum atomic E-state index is 13.2. The van der Waals surface area contributed by atoms with Crippen molar-refractivity contribution < 1.29 is 4.79 Å². The van der Waals surface area contributed by atoms with E-state index < -0.39 is 0 Å². The third kappa shape index (κ3) is 4.93. The van der Waals surface area contributed by atoms with Crippen molar-refractivity contribution in [3.05, 3.63) is 93.2 Å². The lowest BCUT2D eigenvalue weighted by atomic mass is 10.2. The Kier molecular flexibility index (Phi) is 6.61. The van der Waals surface area contributed by atoms with Gasteiger partial charge in [0.15, 0.2) is 5.16 Å². The second kappa shape index (κ2) is 9.56. The first-order valence-electron chi connectivity index (χ1n) is 9.48. The molecule has 3 aromatic carbocycles. The summed E-state index contributed by atoms with van der Waals surface area (Å²) in [6.45, 7) is 0. The first-order valence-corrected chi connectivity index (χ1v) is 11.2. The van der Waals surface area contributed by atoms with E-state index in [-0.39, 0.29) is 17.9 Å². The molecule has 0 fully saturated rings. The molecule has 0 unspecified atom stereocenters. The first kappa shape index (κ1) is 21.4. The van der Waals surface area contributed by atoms with Gasteiger partial charge in [0.25, 0.3) is 5.56 Å². The fourth-order valence-corrected chi connectivity index (χ4v) is 4.29. The van der Waals surface area contributed by atoms with E-state index in [2.05, 4.69) is 10.3 Å². The van der Waals surface area contributed by atoms with Gasteiger partial charge >= 0.3 is 0 Å². The Morgan fingerprint density at radius 1 is 0.968 bits per heavy atom. The number of halogens is 2. The summed E-state index contributed by atoms with van der Waals surface area (Å²) in [4.78, 5) is 30.2. The van der Waals surface area contributed by atoms with Crippen molar-refractivity contribution in [3.63, 3.8) is 0 Å². The van der Waals surface area contributed by atoms with Crippen molar-refractivity contribution in [3.8, 4) is 5.69 Å². The van der Waals surface area contributed by atoms with Gasteiger partial charge < -0.3 is 5.32 Å². The van der Waals surface area contributed by atoms with Crippen molar-refractivity contribution in [2.75, 3.05) is 11.1 Å². The molecular weight excluding hydrogens is 453 g/mol. The summed E-state index contributed by atoms with van der Waals surface area (Å²) in [5.74, 6) is 0.283. The predicted molar refractivity (Wildman–Crippen MR) is 128 cm³/mol. The molecule has 0 radical (unpaired) electrons. The van der Waals surface area contributed by atoms with Gasteiger partial charge in [-0.3, -0.25) is 14.2 Å². The highest BCUT2D eigenvalue weighted by atomic mass is 35.5. The fourth-order valence-electron chi connectivity index (χ4n) is 3.05. The number of carbonyl (C=O) groups is 1. The highest BCUT2D eigenvalue weighted by Gasteiger charge is 2.14. The summed E-state index contributed by atoms with van der Waals surface area (Å²) in [7, 11) is 0. The van der Waals surface area contributed by atoms with Crippen molar-refractivity contribution in [1.82, 2.24) is 9.55 Å². The Labute approximate surface area is 193 Å². The van der Waals surface area contributed by atoms with Gasteiger partial charge in [0.05, 0.1) is 26.6 Å². The lowest BCUT2D eigenvalue weighted by Crippen LogP contribution is -2.22. The van der Waals surface area contributed by atoms with Gasteiger partial charge in [-0.05, 0) is 42.5 Å². The van der Waals surface area contributed by atoms with E-state index in [9.17, 15) is 9.59 Å². The third-order valence-corrected chi connectivity index (χ3v) is 6.20. The monoisotopic (exact) mass is 469 g/mol. The van der Waals surface area contributed by atoms with E-state index in [0.717, 1.165) is 5.69 Å². The molecule has 1 aromatic heterocycles. The number of hydrogen-bond acceptors (Lipinski definition) is 4. The van der Waals surface area contributed by atoms with Crippen LogP contribution < -0.4 is 10.9 Å². The Bertz CT molecular complexity index is 1310. The number of rotatable bonds is 6. The second-order valence-electron chi connectivity index (χ2n) is 6.66. The summed E-state index contributed by atoms with van der Waals surface area (Å²) in [5, 5.41) is 4.69. The Morgan fingerprint density at radius 2 is 1.71 bits per heavy atom. The molecule has 8 heteroatoms. The molecule has 5 nitrogen and oxygen atoms in total. The molecule has 4 rings (SSSR count). The lowest BCUT2D eigenvalue weighted by molar-refractivity contribution is -0.115. The van der Waals surface area contributed by atoms with E-state index in [1.807, 2.05) is 48.5 Å². The van der Waals surface area contributed by atoms with E-state index in [0.29, 0.717) is 37.5 Å². The summed E-state index contributed by atoms with van der Waals surface area (Å²) in [6.07, 6.45) is 0.238. The van der Waals surface area contributed by atoms with Gasteiger partial charge in [0, 0.05) is 17.9 Å². The fraction of sp³-hybridized carbons (Fsp3) is 0.0870. The largest absolute Gasteiger partial charge is 0.326 e. The number of hydrogen-bond donors (Lipinski definition) is 1. The minimum atomic E-state index is -0.166. The average molecular weight is 470 g/mol. The molecule has 1 N–H and O–H groups in total. The van der Waals surface area contributed by atoms with E-state index >= 15 is 0 Å². The van der Waals surface area contributed by atoms with Crippen LogP contribution >= 0.6 is 35.0 Å². The van der Waals surface area contributed by atoms with E-state index in [1.165, 1.54) is 11.8 Å². The van der Waals surface area contributed by atoms with Gasteiger partial charge in [-0.15, -0.1) is 0 Å². The highest BCUT2D eigenvalue weighted by molar-refractivity contribution is 7.99. The number of para-hydroxylation sites is 2. The normalized spacial score (nSPS) is 10.9. The number of nitrogens with one attached hydrogen (secondary N) is 1. The van der Waals surface area contributed by atoms with Crippen LogP contribution in [0.4, 0.5) is 5.69 Å². The standard InChI is InChI=1S/C23H17Cl2N3O2S/c24-18-11-10-15(14-19(18)25)26-21(29)12-13-31-23-27-20-9-5-4-8-17(20)22(30)28(23)16-6-2-1-3-7-16/h1-11,14H,12-13H2,(H,26,29). The van der Waals surface area contributed by atoms with Gasteiger partial charge in [-0.1, -0.05) is 65.3 Å². The predicted octanol–water partition coefficient (Wildman–Crippen LogP) is 5.81. The Balaban J connectivity index is 1.54. The van der Waals surface area contributed by atoms with E-state index in [1.54, 1.807) is 28.8 Å². The molecule has 4 aromatic rings. The van der Waals surface area contributed by atoms with Gasteiger partial charge in [-0.2, -0.15) is 0 Å². The lowest BCUT2D eigenvalue weighted by Gasteiger charge is -2.13. The van der Waals surface area contributed by atoms with Crippen LogP contribution in [0.1, 0.15) is 6.42 Å². The van der Waals surface area contributed by atoms with Gasteiger partial charge in [0.2, 0.25) is 5.91 Å². The van der Waals surface area contributed by atoms with Crippen LogP contribution in [0.5, 0.6) is 0 Å². The molecule has 0 spiro atoms. The minimum absolute atomic E-state index is 0.139. The molecule has 0 aliphatic carbocycles. The van der Waals surface area contributed by atoms with Crippen LogP contribution in [0, 0.1) is 0 Å². The number of nitrogens with zero attached hydrogens (tertiary/aromatic N) is 2. The molecule has 0 atom stereocenters. The molecule has 0 aliphatic heterocycles. The van der Waals surface area contributed by atoms with Crippen molar-refractivity contribution >= 4 is 57.5 Å². The van der Waals surface area contributed by atoms with Crippen LogP contribution in [0.2, 0.25) is 10.0 Å². The summed E-state index contributed by atoms with van der Waals surface area (Å²) < 4.78 is 1.59. The number of amides is 1. The van der Waals surface area contributed by atoms with Crippen LogP contribution in [0.3, 0.4) is 0 Å². The maximum Gasteiger partial charge on any atom is 0.266 e. The Hall–Kier alpha value is -2.80. The second-order valence-corrected chi connectivity index (χ2v) is 8.54.